The zero-order chi connectivity index (χ0) is 12.6. The molecule has 17 heavy (non-hydrogen) atoms. The first-order chi connectivity index (χ1) is 7.87. The first-order valence-electron chi connectivity index (χ1n) is 4.82. The molecule has 8 heteroatoms. The summed E-state index contributed by atoms with van der Waals surface area (Å²) >= 11 is 4.70. The monoisotopic (exact) mass is 339 g/mol. The van der Waals surface area contributed by atoms with Gasteiger partial charge < -0.3 is 5.11 Å². The molecule has 2 N–H and O–H groups in total. The Bertz CT molecular complexity index is 539. The van der Waals surface area contributed by atoms with Gasteiger partial charge in [0.1, 0.15) is 6.04 Å². The van der Waals surface area contributed by atoms with E-state index in [0.29, 0.717) is 0 Å². The fraction of sp³-hybridized carbons (Fsp3) is 0.444. The molecule has 2 heterocycles. The lowest BCUT2D eigenvalue weighted by molar-refractivity contribution is -0.139. The van der Waals surface area contributed by atoms with Crippen LogP contribution >= 0.6 is 27.3 Å². The van der Waals surface area contributed by atoms with Gasteiger partial charge in [-0.3, -0.25) is 10.1 Å². The number of thiophene rings is 1. The second-order valence-electron chi connectivity index (χ2n) is 3.83. The molecule has 0 saturated carbocycles. The number of rotatable bonds is 2. The smallest absolute Gasteiger partial charge is 0.321 e. The molecule has 2 unspecified atom stereocenters. The van der Waals surface area contributed by atoms with Crippen LogP contribution < -0.4 is 5.32 Å². The van der Waals surface area contributed by atoms with Crippen molar-refractivity contribution in [2.75, 3.05) is 11.5 Å². The van der Waals surface area contributed by atoms with Crippen molar-refractivity contribution in [2.45, 2.75) is 12.1 Å². The minimum absolute atomic E-state index is 0.0519. The van der Waals surface area contributed by atoms with Gasteiger partial charge in [-0.2, -0.15) is 0 Å². The average molecular weight is 340 g/mol. The highest BCUT2D eigenvalue weighted by molar-refractivity contribution is 9.11. The van der Waals surface area contributed by atoms with Crippen molar-refractivity contribution in [3.05, 3.63) is 20.8 Å². The van der Waals surface area contributed by atoms with Gasteiger partial charge in [-0.05, 0) is 28.1 Å². The summed E-state index contributed by atoms with van der Waals surface area (Å²) in [4.78, 5) is 11.7. The Morgan fingerprint density at radius 1 is 1.47 bits per heavy atom. The van der Waals surface area contributed by atoms with Crippen molar-refractivity contribution >= 4 is 43.1 Å². The van der Waals surface area contributed by atoms with Gasteiger partial charge in [-0.15, -0.1) is 11.3 Å². The van der Waals surface area contributed by atoms with Crippen molar-refractivity contribution in [1.82, 2.24) is 5.32 Å². The first-order valence-corrected chi connectivity index (χ1v) is 8.25. The number of nitrogens with one attached hydrogen (secondary N) is 1. The highest BCUT2D eigenvalue weighted by Crippen LogP contribution is 2.30. The number of carboxylic acid groups (broad SMARTS) is 1. The van der Waals surface area contributed by atoms with Crippen molar-refractivity contribution in [3.63, 3.8) is 0 Å². The van der Waals surface area contributed by atoms with Crippen LogP contribution in [0.15, 0.2) is 15.9 Å². The zero-order valence-corrected chi connectivity index (χ0v) is 11.8. The number of carbonyl (C=O) groups is 1. The number of aliphatic carboxylic acids is 1. The van der Waals surface area contributed by atoms with Crippen LogP contribution in [0, 0.1) is 0 Å². The molecule has 0 aromatic carbocycles. The summed E-state index contributed by atoms with van der Waals surface area (Å²) in [6.45, 7) is 0. The number of sulfone groups is 1. The minimum atomic E-state index is -3.32. The molecule has 1 saturated heterocycles. The summed E-state index contributed by atoms with van der Waals surface area (Å²) in [5.74, 6) is -1.52. The Balaban J connectivity index is 2.27. The Morgan fingerprint density at radius 2 is 2.18 bits per heavy atom. The predicted octanol–water partition coefficient (Wildman–Crippen LogP) is 1.02. The summed E-state index contributed by atoms with van der Waals surface area (Å²) < 4.78 is 24.2. The lowest BCUT2D eigenvalue weighted by Crippen LogP contribution is -2.50. The van der Waals surface area contributed by atoms with E-state index in [2.05, 4.69) is 21.2 Å². The highest BCUT2D eigenvalue weighted by atomic mass is 79.9. The maximum Gasteiger partial charge on any atom is 0.321 e. The average Bonchev–Trinajstić information content (AvgIpc) is 2.62. The molecule has 0 amide bonds. The Labute approximate surface area is 111 Å². The van der Waals surface area contributed by atoms with Gasteiger partial charge >= 0.3 is 5.97 Å². The van der Waals surface area contributed by atoms with Crippen LogP contribution in [0.25, 0.3) is 0 Å². The summed E-state index contributed by atoms with van der Waals surface area (Å²) in [7, 11) is -3.32. The van der Waals surface area contributed by atoms with Crippen molar-refractivity contribution in [1.29, 1.82) is 0 Å². The van der Waals surface area contributed by atoms with Gasteiger partial charge in [0.25, 0.3) is 0 Å². The number of halogens is 1. The van der Waals surface area contributed by atoms with E-state index in [1.54, 1.807) is 6.07 Å². The van der Waals surface area contributed by atoms with Gasteiger partial charge in [0, 0.05) is 4.88 Å². The number of hydrogen-bond donors (Lipinski definition) is 2. The summed E-state index contributed by atoms with van der Waals surface area (Å²) in [6.07, 6.45) is 0. The van der Waals surface area contributed by atoms with E-state index < -0.39 is 27.9 Å². The quantitative estimate of drug-likeness (QED) is 0.840. The van der Waals surface area contributed by atoms with E-state index in [-0.39, 0.29) is 11.5 Å². The molecule has 2 atom stereocenters. The molecule has 1 aromatic heterocycles. The van der Waals surface area contributed by atoms with Crippen LogP contribution in [0.5, 0.6) is 0 Å². The fourth-order valence-electron chi connectivity index (χ4n) is 1.74. The van der Waals surface area contributed by atoms with Gasteiger partial charge in [0.2, 0.25) is 0 Å². The summed E-state index contributed by atoms with van der Waals surface area (Å²) in [5, 5.41) is 11.8. The van der Waals surface area contributed by atoms with Crippen LogP contribution in [0.3, 0.4) is 0 Å². The van der Waals surface area contributed by atoms with Crippen molar-refractivity contribution in [3.8, 4) is 0 Å². The standard InChI is InChI=1S/C9H10BrNO4S2/c10-8-2-1-7(16-8)5-3-17(14,15)4-6(11-5)9(12)13/h1-2,5-6,11H,3-4H2,(H,12,13). The molecule has 5 nitrogen and oxygen atoms in total. The normalized spacial score (nSPS) is 27.8. The third-order valence-electron chi connectivity index (χ3n) is 2.48. The minimum Gasteiger partial charge on any atom is -0.480 e. The molecule has 0 spiro atoms. The maximum absolute atomic E-state index is 11.6. The van der Waals surface area contributed by atoms with E-state index in [9.17, 15) is 13.2 Å². The molecule has 0 radical (unpaired) electrons. The SMILES string of the molecule is O=C(O)C1CS(=O)(=O)CC(c2ccc(Br)s2)N1. The Kier molecular flexibility index (Phi) is 3.58. The van der Waals surface area contributed by atoms with Crippen molar-refractivity contribution < 1.29 is 18.3 Å². The lowest BCUT2D eigenvalue weighted by Gasteiger charge is -2.27. The first kappa shape index (κ1) is 13.0. The number of carboxylic acids is 1. The fourth-order valence-corrected chi connectivity index (χ4v) is 4.99. The largest absolute Gasteiger partial charge is 0.480 e. The Hall–Kier alpha value is -0.440. The Morgan fingerprint density at radius 3 is 2.71 bits per heavy atom. The van der Waals surface area contributed by atoms with E-state index in [0.717, 1.165) is 8.66 Å². The maximum atomic E-state index is 11.6. The van der Waals surface area contributed by atoms with E-state index in [1.807, 2.05) is 6.07 Å². The van der Waals surface area contributed by atoms with E-state index in [1.165, 1.54) is 11.3 Å². The topological polar surface area (TPSA) is 83.5 Å². The van der Waals surface area contributed by atoms with E-state index in [4.69, 9.17) is 5.11 Å². The predicted molar refractivity (Wildman–Crippen MR) is 68.0 cm³/mol. The molecular formula is C9H10BrNO4S2. The van der Waals surface area contributed by atoms with Gasteiger partial charge in [0.05, 0.1) is 21.3 Å². The van der Waals surface area contributed by atoms with Crippen molar-refractivity contribution in [2.24, 2.45) is 0 Å². The molecule has 1 fully saturated rings. The molecule has 1 aliphatic heterocycles. The van der Waals surface area contributed by atoms with Crippen LogP contribution in [0.2, 0.25) is 0 Å². The summed E-state index contributed by atoms with van der Waals surface area (Å²) in [6, 6.07) is 2.15. The lowest BCUT2D eigenvalue weighted by atomic mass is 10.2. The number of hydrogen-bond acceptors (Lipinski definition) is 5. The molecule has 0 bridgehead atoms. The third-order valence-corrected chi connectivity index (χ3v) is 5.90. The third kappa shape index (κ3) is 3.06. The summed E-state index contributed by atoms with van der Waals surface area (Å²) in [5.41, 5.74) is 0. The van der Waals surface area contributed by atoms with Gasteiger partial charge in [-0.1, -0.05) is 0 Å². The van der Waals surface area contributed by atoms with Crippen LogP contribution in [0.1, 0.15) is 10.9 Å². The van der Waals surface area contributed by atoms with Gasteiger partial charge in [-0.25, -0.2) is 8.42 Å². The van der Waals surface area contributed by atoms with Gasteiger partial charge in [0.15, 0.2) is 9.84 Å². The second-order valence-corrected chi connectivity index (χ2v) is 8.48. The van der Waals surface area contributed by atoms with Crippen LogP contribution in [-0.2, 0) is 14.6 Å². The molecule has 94 valence electrons. The zero-order valence-electron chi connectivity index (χ0n) is 8.59. The molecule has 1 aromatic rings. The van der Waals surface area contributed by atoms with Crippen LogP contribution in [-0.4, -0.2) is 37.0 Å². The van der Waals surface area contributed by atoms with E-state index >= 15 is 0 Å². The molecule has 2 rings (SSSR count). The van der Waals surface area contributed by atoms with Crippen LogP contribution in [0.4, 0.5) is 0 Å². The molecule has 0 aliphatic carbocycles. The molecule has 1 aliphatic rings. The molecular weight excluding hydrogens is 330 g/mol. The second kappa shape index (κ2) is 4.68. The highest BCUT2D eigenvalue weighted by Gasteiger charge is 2.36.